The third-order valence-electron chi connectivity index (χ3n) is 2.66. The van der Waals surface area contributed by atoms with Gasteiger partial charge in [-0.05, 0) is 26.0 Å². The summed E-state index contributed by atoms with van der Waals surface area (Å²) in [7, 11) is 0. The Hall–Kier alpha value is -1.20. The average molecular weight is 222 g/mol. The van der Waals surface area contributed by atoms with Gasteiger partial charge in [0.25, 0.3) is 0 Å². The molecule has 0 aliphatic carbocycles. The van der Waals surface area contributed by atoms with E-state index in [-0.39, 0.29) is 5.60 Å². The van der Waals surface area contributed by atoms with E-state index in [1.165, 1.54) is 0 Å². The maximum absolute atomic E-state index is 5.65. The van der Waals surface area contributed by atoms with Gasteiger partial charge in [0.1, 0.15) is 0 Å². The molecule has 5 heteroatoms. The van der Waals surface area contributed by atoms with Crippen LogP contribution in [0.3, 0.4) is 0 Å². The molecule has 0 unspecified atom stereocenters. The van der Waals surface area contributed by atoms with Crippen molar-refractivity contribution in [2.24, 2.45) is 5.73 Å². The summed E-state index contributed by atoms with van der Waals surface area (Å²) in [4.78, 5) is 2.19. The predicted octanol–water partition coefficient (Wildman–Crippen LogP) is 0.550. The third kappa shape index (κ3) is 2.48. The van der Waals surface area contributed by atoms with Crippen LogP contribution in [0.25, 0.3) is 0 Å². The van der Waals surface area contributed by atoms with Crippen LogP contribution in [0.4, 0.5) is 5.82 Å². The molecule has 0 atom stereocenters. The smallest absolute Gasteiger partial charge is 0.151 e. The van der Waals surface area contributed by atoms with Gasteiger partial charge in [-0.2, -0.15) is 5.10 Å². The summed E-state index contributed by atoms with van der Waals surface area (Å²) < 4.78 is 5.65. The van der Waals surface area contributed by atoms with Crippen LogP contribution in [-0.4, -0.2) is 35.5 Å². The molecule has 0 aromatic carbocycles. The number of hydrogen-bond donors (Lipinski definition) is 1. The molecule has 1 aromatic heterocycles. The zero-order valence-corrected chi connectivity index (χ0v) is 9.81. The highest BCUT2D eigenvalue weighted by Gasteiger charge is 2.27. The van der Waals surface area contributed by atoms with E-state index in [0.29, 0.717) is 6.54 Å². The monoisotopic (exact) mass is 222 g/mol. The van der Waals surface area contributed by atoms with E-state index in [1.807, 2.05) is 12.1 Å². The number of rotatable bonds is 2. The van der Waals surface area contributed by atoms with Crippen molar-refractivity contribution >= 4 is 5.82 Å². The van der Waals surface area contributed by atoms with Gasteiger partial charge in [0.2, 0.25) is 0 Å². The molecule has 0 spiro atoms. The molecule has 5 nitrogen and oxygen atoms in total. The van der Waals surface area contributed by atoms with E-state index in [2.05, 4.69) is 28.9 Å². The summed E-state index contributed by atoms with van der Waals surface area (Å²) >= 11 is 0. The normalized spacial score (nSPS) is 19.8. The first kappa shape index (κ1) is 11.3. The van der Waals surface area contributed by atoms with Crippen LogP contribution in [0, 0.1) is 0 Å². The molecule has 1 aliphatic heterocycles. The van der Waals surface area contributed by atoms with Gasteiger partial charge < -0.3 is 15.4 Å². The minimum Gasteiger partial charge on any atom is -0.372 e. The Morgan fingerprint density at radius 2 is 2.25 bits per heavy atom. The lowest BCUT2D eigenvalue weighted by molar-refractivity contribution is -0.0279. The van der Waals surface area contributed by atoms with Crippen molar-refractivity contribution in [3.05, 3.63) is 17.8 Å². The van der Waals surface area contributed by atoms with E-state index in [4.69, 9.17) is 10.5 Å². The SMILES string of the molecule is CC1(C)CN(c2ccc(CN)nn2)CCO1. The minimum atomic E-state index is -0.119. The fraction of sp³-hybridized carbons (Fsp3) is 0.636. The van der Waals surface area contributed by atoms with Gasteiger partial charge in [-0.3, -0.25) is 0 Å². The fourth-order valence-corrected chi connectivity index (χ4v) is 1.84. The highest BCUT2D eigenvalue weighted by atomic mass is 16.5. The number of ether oxygens (including phenoxy) is 1. The minimum absolute atomic E-state index is 0.119. The Kier molecular flexibility index (Phi) is 3.07. The highest BCUT2D eigenvalue weighted by molar-refractivity contribution is 5.38. The summed E-state index contributed by atoms with van der Waals surface area (Å²) in [5.74, 6) is 0.897. The first-order chi connectivity index (χ1) is 7.61. The number of nitrogens with zero attached hydrogens (tertiary/aromatic N) is 3. The molecule has 0 radical (unpaired) electrons. The van der Waals surface area contributed by atoms with Crippen LogP contribution in [0.5, 0.6) is 0 Å². The molecule has 2 heterocycles. The van der Waals surface area contributed by atoms with Crippen LogP contribution in [0.2, 0.25) is 0 Å². The van der Waals surface area contributed by atoms with Crippen molar-refractivity contribution in [3.8, 4) is 0 Å². The molecular weight excluding hydrogens is 204 g/mol. The molecular formula is C11H18N4O. The van der Waals surface area contributed by atoms with E-state index in [0.717, 1.165) is 31.2 Å². The number of anilines is 1. The molecule has 1 fully saturated rings. The van der Waals surface area contributed by atoms with Gasteiger partial charge in [0.15, 0.2) is 5.82 Å². The molecule has 0 saturated carbocycles. The Morgan fingerprint density at radius 1 is 1.44 bits per heavy atom. The van der Waals surface area contributed by atoms with Gasteiger partial charge in [0.05, 0.1) is 17.9 Å². The van der Waals surface area contributed by atoms with Crippen LogP contribution in [0.15, 0.2) is 12.1 Å². The van der Waals surface area contributed by atoms with Crippen molar-refractivity contribution in [2.45, 2.75) is 26.0 Å². The van der Waals surface area contributed by atoms with E-state index < -0.39 is 0 Å². The second-order valence-electron chi connectivity index (χ2n) is 4.62. The summed E-state index contributed by atoms with van der Waals surface area (Å²) in [6.07, 6.45) is 0. The molecule has 88 valence electrons. The first-order valence-corrected chi connectivity index (χ1v) is 5.52. The van der Waals surface area contributed by atoms with Crippen molar-refractivity contribution in [1.82, 2.24) is 10.2 Å². The molecule has 2 rings (SSSR count). The molecule has 0 bridgehead atoms. The first-order valence-electron chi connectivity index (χ1n) is 5.52. The summed E-state index contributed by atoms with van der Waals surface area (Å²) in [6, 6.07) is 3.89. The van der Waals surface area contributed by atoms with Gasteiger partial charge >= 0.3 is 0 Å². The molecule has 2 N–H and O–H groups in total. The lowest BCUT2D eigenvalue weighted by Gasteiger charge is -2.38. The van der Waals surface area contributed by atoms with Crippen LogP contribution < -0.4 is 10.6 Å². The maximum atomic E-state index is 5.65. The number of aromatic nitrogens is 2. The lowest BCUT2D eigenvalue weighted by Crippen LogP contribution is -2.48. The van der Waals surface area contributed by atoms with Crippen molar-refractivity contribution in [2.75, 3.05) is 24.6 Å². The number of hydrogen-bond acceptors (Lipinski definition) is 5. The molecule has 16 heavy (non-hydrogen) atoms. The molecule has 1 aromatic rings. The largest absolute Gasteiger partial charge is 0.372 e. The highest BCUT2D eigenvalue weighted by Crippen LogP contribution is 2.20. The third-order valence-corrected chi connectivity index (χ3v) is 2.66. The van der Waals surface area contributed by atoms with Crippen molar-refractivity contribution < 1.29 is 4.74 Å². The summed E-state index contributed by atoms with van der Waals surface area (Å²) in [6.45, 7) is 7.03. The fourth-order valence-electron chi connectivity index (χ4n) is 1.84. The zero-order valence-electron chi connectivity index (χ0n) is 9.81. The maximum Gasteiger partial charge on any atom is 0.151 e. The van der Waals surface area contributed by atoms with E-state index in [1.54, 1.807) is 0 Å². The Balaban J connectivity index is 2.11. The standard InChI is InChI=1S/C11H18N4O/c1-11(2)8-15(5-6-16-11)10-4-3-9(7-12)13-14-10/h3-4H,5-8,12H2,1-2H3. The predicted molar refractivity (Wildman–Crippen MR) is 62.2 cm³/mol. The topological polar surface area (TPSA) is 64.3 Å². The second-order valence-corrected chi connectivity index (χ2v) is 4.62. The van der Waals surface area contributed by atoms with Crippen molar-refractivity contribution in [1.29, 1.82) is 0 Å². The van der Waals surface area contributed by atoms with Crippen LogP contribution >= 0.6 is 0 Å². The van der Waals surface area contributed by atoms with E-state index in [9.17, 15) is 0 Å². The Bertz CT molecular complexity index is 350. The number of morpholine rings is 1. The number of nitrogens with two attached hydrogens (primary N) is 1. The van der Waals surface area contributed by atoms with Crippen molar-refractivity contribution in [3.63, 3.8) is 0 Å². The van der Waals surface area contributed by atoms with E-state index >= 15 is 0 Å². The van der Waals surface area contributed by atoms with Gasteiger partial charge in [-0.25, -0.2) is 0 Å². The quantitative estimate of drug-likeness (QED) is 0.791. The summed E-state index contributed by atoms with van der Waals surface area (Å²) in [5.41, 5.74) is 6.18. The summed E-state index contributed by atoms with van der Waals surface area (Å²) in [5, 5.41) is 8.24. The van der Waals surface area contributed by atoms with Gasteiger partial charge in [-0.15, -0.1) is 5.10 Å². The average Bonchev–Trinajstić information content (AvgIpc) is 2.28. The van der Waals surface area contributed by atoms with Gasteiger partial charge in [0, 0.05) is 19.6 Å². The Morgan fingerprint density at radius 3 is 2.81 bits per heavy atom. The second kappa shape index (κ2) is 4.35. The van der Waals surface area contributed by atoms with Crippen LogP contribution in [-0.2, 0) is 11.3 Å². The molecule has 1 aliphatic rings. The molecule has 0 amide bonds. The van der Waals surface area contributed by atoms with Crippen LogP contribution in [0.1, 0.15) is 19.5 Å². The Labute approximate surface area is 95.6 Å². The zero-order chi connectivity index (χ0) is 11.6. The molecule has 1 saturated heterocycles. The van der Waals surface area contributed by atoms with Gasteiger partial charge in [-0.1, -0.05) is 0 Å². The lowest BCUT2D eigenvalue weighted by atomic mass is 10.1.